The Morgan fingerprint density at radius 3 is 2.33 bits per heavy atom. The van der Waals surface area contributed by atoms with Gasteiger partial charge in [0, 0.05) is 17.2 Å². The predicted molar refractivity (Wildman–Crippen MR) is 88.6 cm³/mol. The lowest BCUT2D eigenvalue weighted by atomic mass is 10.1. The van der Waals surface area contributed by atoms with E-state index in [0.717, 1.165) is 19.3 Å². The molecule has 2 fully saturated rings. The van der Waals surface area contributed by atoms with Crippen LogP contribution in [0.25, 0.3) is 0 Å². The SMILES string of the molecule is CC1CC1C(=O)Nc1ccc(C(=O)NC(CC2CC2)C(=O)O)cc1. The number of carboxylic acid groups (broad SMARTS) is 1. The van der Waals surface area contributed by atoms with Crippen LogP contribution in [0.4, 0.5) is 5.69 Å². The van der Waals surface area contributed by atoms with Crippen LogP contribution in [0.5, 0.6) is 0 Å². The molecule has 3 atom stereocenters. The standard InChI is InChI=1S/C18H22N2O4/c1-10-8-14(10)17(22)19-13-6-4-12(5-7-13)16(21)20-15(18(23)24)9-11-2-3-11/h4-7,10-11,14-15H,2-3,8-9H2,1H3,(H,19,22)(H,20,21)(H,23,24). The molecule has 0 radical (unpaired) electrons. The van der Waals surface area contributed by atoms with E-state index in [1.807, 2.05) is 6.92 Å². The number of carbonyl (C=O) groups excluding carboxylic acids is 2. The molecule has 0 aliphatic heterocycles. The fourth-order valence-corrected chi connectivity index (χ4v) is 2.78. The van der Waals surface area contributed by atoms with Crippen molar-refractivity contribution in [3.05, 3.63) is 29.8 Å². The van der Waals surface area contributed by atoms with E-state index in [2.05, 4.69) is 10.6 Å². The van der Waals surface area contributed by atoms with Crippen LogP contribution in [0, 0.1) is 17.8 Å². The number of rotatable bonds is 7. The lowest BCUT2D eigenvalue weighted by molar-refractivity contribution is -0.139. The summed E-state index contributed by atoms with van der Waals surface area (Å²) < 4.78 is 0. The van der Waals surface area contributed by atoms with Crippen LogP contribution in [0.15, 0.2) is 24.3 Å². The van der Waals surface area contributed by atoms with Gasteiger partial charge < -0.3 is 15.7 Å². The molecule has 2 aliphatic carbocycles. The highest BCUT2D eigenvalue weighted by atomic mass is 16.4. The Morgan fingerprint density at radius 2 is 1.83 bits per heavy atom. The monoisotopic (exact) mass is 330 g/mol. The van der Waals surface area contributed by atoms with E-state index in [0.29, 0.717) is 29.5 Å². The van der Waals surface area contributed by atoms with Crippen molar-refractivity contribution in [2.24, 2.45) is 17.8 Å². The van der Waals surface area contributed by atoms with Crippen molar-refractivity contribution in [1.82, 2.24) is 5.32 Å². The quantitative estimate of drug-likeness (QED) is 0.714. The molecule has 24 heavy (non-hydrogen) atoms. The van der Waals surface area contributed by atoms with Crippen LogP contribution in [0.1, 0.15) is 43.0 Å². The van der Waals surface area contributed by atoms with Crippen molar-refractivity contribution < 1.29 is 19.5 Å². The summed E-state index contributed by atoms with van der Waals surface area (Å²) in [6, 6.07) is 5.67. The maximum absolute atomic E-state index is 12.2. The first-order valence-corrected chi connectivity index (χ1v) is 8.38. The third-order valence-corrected chi connectivity index (χ3v) is 4.73. The van der Waals surface area contributed by atoms with Gasteiger partial charge in [-0.1, -0.05) is 19.8 Å². The zero-order chi connectivity index (χ0) is 17.3. The number of hydrogen-bond donors (Lipinski definition) is 3. The average molecular weight is 330 g/mol. The second-order valence-electron chi connectivity index (χ2n) is 6.93. The highest BCUT2D eigenvalue weighted by Crippen LogP contribution is 2.38. The molecule has 0 bridgehead atoms. The fourth-order valence-electron chi connectivity index (χ4n) is 2.78. The summed E-state index contributed by atoms with van der Waals surface area (Å²) in [6.45, 7) is 2.04. The van der Waals surface area contributed by atoms with Crippen molar-refractivity contribution in [3.8, 4) is 0 Å². The normalized spacial score (nSPS) is 23.2. The largest absolute Gasteiger partial charge is 0.480 e. The third-order valence-electron chi connectivity index (χ3n) is 4.73. The second-order valence-corrected chi connectivity index (χ2v) is 6.93. The van der Waals surface area contributed by atoms with Crippen molar-refractivity contribution in [1.29, 1.82) is 0 Å². The van der Waals surface area contributed by atoms with E-state index in [9.17, 15) is 19.5 Å². The molecular weight excluding hydrogens is 308 g/mol. The van der Waals surface area contributed by atoms with E-state index in [-0.39, 0.29) is 11.8 Å². The Balaban J connectivity index is 1.56. The van der Waals surface area contributed by atoms with E-state index in [1.54, 1.807) is 24.3 Å². The summed E-state index contributed by atoms with van der Waals surface area (Å²) >= 11 is 0. The summed E-state index contributed by atoms with van der Waals surface area (Å²) in [5.41, 5.74) is 1.03. The molecule has 2 amide bonds. The Bertz CT molecular complexity index is 651. The van der Waals surface area contributed by atoms with Crippen LogP contribution in [-0.2, 0) is 9.59 Å². The van der Waals surface area contributed by atoms with Gasteiger partial charge in [0.1, 0.15) is 6.04 Å². The van der Waals surface area contributed by atoms with Gasteiger partial charge >= 0.3 is 5.97 Å². The summed E-state index contributed by atoms with van der Waals surface area (Å²) in [5, 5.41) is 14.6. The van der Waals surface area contributed by atoms with Gasteiger partial charge in [-0.25, -0.2) is 4.79 Å². The first-order chi connectivity index (χ1) is 11.4. The molecular formula is C18H22N2O4. The molecule has 6 heteroatoms. The van der Waals surface area contributed by atoms with Gasteiger partial charge in [-0.05, 0) is 48.9 Å². The number of nitrogens with one attached hydrogen (secondary N) is 2. The van der Waals surface area contributed by atoms with Gasteiger partial charge in [-0.15, -0.1) is 0 Å². The molecule has 3 rings (SSSR count). The fraction of sp³-hybridized carbons (Fsp3) is 0.500. The number of anilines is 1. The summed E-state index contributed by atoms with van der Waals surface area (Å²) in [4.78, 5) is 35.3. The molecule has 0 aromatic heterocycles. The van der Waals surface area contributed by atoms with E-state index >= 15 is 0 Å². The van der Waals surface area contributed by atoms with E-state index in [1.165, 1.54) is 0 Å². The zero-order valence-electron chi connectivity index (χ0n) is 13.6. The Labute approximate surface area is 140 Å². The number of amides is 2. The van der Waals surface area contributed by atoms with Crippen LogP contribution in [-0.4, -0.2) is 28.9 Å². The summed E-state index contributed by atoms with van der Waals surface area (Å²) in [6.07, 6.45) is 3.47. The van der Waals surface area contributed by atoms with Gasteiger partial charge in [0.25, 0.3) is 5.91 Å². The van der Waals surface area contributed by atoms with Gasteiger partial charge in [0.05, 0.1) is 0 Å². The molecule has 0 heterocycles. The smallest absolute Gasteiger partial charge is 0.326 e. The minimum Gasteiger partial charge on any atom is -0.480 e. The number of hydrogen-bond acceptors (Lipinski definition) is 3. The summed E-state index contributed by atoms with van der Waals surface area (Å²) in [5.74, 6) is -0.459. The molecule has 0 spiro atoms. The van der Waals surface area contributed by atoms with Crippen molar-refractivity contribution >= 4 is 23.5 Å². The molecule has 1 aromatic rings. The molecule has 2 saturated carbocycles. The number of carboxylic acids is 1. The molecule has 128 valence electrons. The van der Waals surface area contributed by atoms with Gasteiger partial charge in [-0.3, -0.25) is 9.59 Å². The van der Waals surface area contributed by atoms with Crippen LogP contribution >= 0.6 is 0 Å². The maximum Gasteiger partial charge on any atom is 0.326 e. The third kappa shape index (κ3) is 4.13. The molecule has 1 aromatic carbocycles. The Kier molecular flexibility index (Phi) is 4.55. The van der Waals surface area contributed by atoms with Gasteiger partial charge in [-0.2, -0.15) is 0 Å². The van der Waals surface area contributed by atoms with Gasteiger partial charge in [0.15, 0.2) is 0 Å². The van der Waals surface area contributed by atoms with E-state index < -0.39 is 17.9 Å². The predicted octanol–water partition coefficient (Wildman–Crippen LogP) is 2.26. The minimum atomic E-state index is -1.00. The van der Waals surface area contributed by atoms with Crippen LogP contribution < -0.4 is 10.6 Å². The first-order valence-electron chi connectivity index (χ1n) is 8.38. The number of benzene rings is 1. The molecule has 2 aliphatic rings. The lowest BCUT2D eigenvalue weighted by Crippen LogP contribution is -2.41. The highest BCUT2D eigenvalue weighted by Gasteiger charge is 2.39. The second kappa shape index (κ2) is 6.63. The average Bonchev–Trinajstić information content (AvgIpc) is 3.45. The van der Waals surface area contributed by atoms with Crippen LogP contribution in [0.3, 0.4) is 0 Å². The number of aliphatic carboxylic acids is 1. The number of carbonyl (C=O) groups is 3. The van der Waals surface area contributed by atoms with Crippen molar-refractivity contribution in [3.63, 3.8) is 0 Å². The zero-order valence-corrected chi connectivity index (χ0v) is 13.6. The minimum absolute atomic E-state index is 0.00933. The van der Waals surface area contributed by atoms with Gasteiger partial charge in [0.2, 0.25) is 5.91 Å². The maximum atomic E-state index is 12.2. The molecule has 6 nitrogen and oxygen atoms in total. The lowest BCUT2D eigenvalue weighted by Gasteiger charge is -2.14. The first kappa shape index (κ1) is 16.5. The van der Waals surface area contributed by atoms with Crippen LogP contribution in [0.2, 0.25) is 0 Å². The summed E-state index contributed by atoms with van der Waals surface area (Å²) in [7, 11) is 0. The molecule has 0 saturated heterocycles. The molecule has 3 unspecified atom stereocenters. The Morgan fingerprint density at radius 1 is 1.21 bits per heavy atom. The highest BCUT2D eigenvalue weighted by molar-refractivity contribution is 5.98. The van der Waals surface area contributed by atoms with E-state index in [4.69, 9.17) is 0 Å². The Hall–Kier alpha value is -2.37. The topological polar surface area (TPSA) is 95.5 Å². The van der Waals surface area contributed by atoms with Crippen molar-refractivity contribution in [2.75, 3.05) is 5.32 Å². The molecule has 3 N–H and O–H groups in total. The van der Waals surface area contributed by atoms with Crippen molar-refractivity contribution in [2.45, 2.75) is 38.6 Å².